The molecule has 1 aromatic carbocycles. The van der Waals surface area contributed by atoms with Crippen molar-refractivity contribution in [2.24, 2.45) is 0 Å². The van der Waals surface area contributed by atoms with Gasteiger partial charge in [-0.1, -0.05) is 19.3 Å². The molecule has 1 spiro atoms. The van der Waals surface area contributed by atoms with Crippen molar-refractivity contribution in [3.8, 4) is 5.75 Å². The molecule has 1 fully saturated rings. The standard InChI is InChI=1S/C18H25NO3/c1-17(2,3)22-16(21)19-12-18(9-5-4-6-10-18)14-11-13(20)7-8-15(14)19/h7-8,11,20H,4-6,9-10,12H2,1-3H3. The molecule has 0 aromatic heterocycles. The fourth-order valence-corrected chi connectivity index (χ4v) is 3.79. The third-order valence-electron chi connectivity index (χ3n) is 4.73. The number of carbonyl (C=O) groups is 1. The van der Waals surface area contributed by atoms with Crippen LogP contribution in [0.5, 0.6) is 5.75 Å². The van der Waals surface area contributed by atoms with Crippen molar-refractivity contribution in [3.63, 3.8) is 0 Å². The zero-order valence-electron chi connectivity index (χ0n) is 13.7. The molecule has 1 aliphatic carbocycles. The molecule has 0 atom stereocenters. The molecule has 4 heteroatoms. The number of nitrogens with zero attached hydrogens (tertiary/aromatic N) is 1. The van der Waals surface area contributed by atoms with Crippen molar-refractivity contribution in [1.82, 2.24) is 0 Å². The zero-order chi connectivity index (χ0) is 16.0. The SMILES string of the molecule is CC(C)(C)OC(=O)N1CC2(CCCCC2)c2cc(O)ccc21. The van der Waals surface area contributed by atoms with Gasteiger partial charge in [-0.2, -0.15) is 0 Å². The Labute approximate surface area is 132 Å². The Bertz CT molecular complexity index is 582. The predicted octanol–water partition coefficient (Wildman–Crippen LogP) is 4.35. The number of fused-ring (bicyclic) bond motifs is 2. The molecule has 1 aliphatic heterocycles. The molecular formula is C18H25NO3. The van der Waals surface area contributed by atoms with Crippen LogP contribution in [-0.2, 0) is 10.2 Å². The first-order valence-corrected chi connectivity index (χ1v) is 8.15. The van der Waals surface area contributed by atoms with Gasteiger partial charge in [0, 0.05) is 12.0 Å². The molecule has 1 amide bonds. The van der Waals surface area contributed by atoms with E-state index >= 15 is 0 Å². The number of carbonyl (C=O) groups excluding carboxylic acids is 1. The van der Waals surface area contributed by atoms with Crippen molar-refractivity contribution < 1.29 is 14.6 Å². The molecule has 0 radical (unpaired) electrons. The summed E-state index contributed by atoms with van der Waals surface area (Å²) in [6.07, 6.45) is 5.46. The lowest BCUT2D eigenvalue weighted by Gasteiger charge is -2.34. The first-order valence-electron chi connectivity index (χ1n) is 8.15. The molecular weight excluding hydrogens is 278 g/mol. The van der Waals surface area contributed by atoms with Crippen LogP contribution in [-0.4, -0.2) is 23.3 Å². The number of phenolic OH excluding ortho intramolecular Hbond substituents is 1. The number of ether oxygens (including phenoxy) is 1. The topological polar surface area (TPSA) is 49.8 Å². The van der Waals surface area contributed by atoms with E-state index in [1.165, 1.54) is 19.3 Å². The summed E-state index contributed by atoms with van der Waals surface area (Å²) in [7, 11) is 0. The van der Waals surface area contributed by atoms with Gasteiger partial charge in [0.25, 0.3) is 0 Å². The molecule has 0 saturated heterocycles. The van der Waals surface area contributed by atoms with E-state index < -0.39 is 5.60 Å². The lowest BCUT2D eigenvalue weighted by molar-refractivity contribution is 0.0575. The molecule has 2 aliphatic rings. The van der Waals surface area contributed by atoms with E-state index in [2.05, 4.69) is 0 Å². The van der Waals surface area contributed by atoms with Crippen LogP contribution in [0.3, 0.4) is 0 Å². The molecule has 120 valence electrons. The van der Waals surface area contributed by atoms with Crippen molar-refractivity contribution in [1.29, 1.82) is 0 Å². The summed E-state index contributed by atoms with van der Waals surface area (Å²) in [6.45, 7) is 6.32. The quantitative estimate of drug-likeness (QED) is 0.775. The van der Waals surface area contributed by atoms with Gasteiger partial charge in [0.2, 0.25) is 0 Å². The fourth-order valence-electron chi connectivity index (χ4n) is 3.79. The van der Waals surface area contributed by atoms with E-state index in [0.717, 1.165) is 24.1 Å². The molecule has 3 rings (SSSR count). The molecule has 0 unspecified atom stereocenters. The minimum atomic E-state index is -0.503. The number of phenols is 1. The Hall–Kier alpha value is -1.71. The van der Waals surface area contributed by atoms with Gasteiger partial charge in [0.15, 0.2) is 0 Å². The average Bonchev–Trinajstić information content (AvgIpc) is 2.72. The van der Waals surface area contributed by atoms with E-state index in [4.69, 9.17) is 4.74 Å². The Kier molecular flexibility index (Phi) is 3.58. The number of aromatic hydroxyl groups is 1. The summed E-state index contributed by atoms with van der Waals surface area (Å²) in [5.74, 6) is 0.273. The second-order valence-corrected chi connectivity index (χ2v) is 7.61. The van der Waals surface area contributed by atoms with Crippen LogP contribution in [0.25, 0.3) is 0 Å². The lowest BCUT2D eigenvalue weighted by atomic mass is 9.71. The lowest BCUT2D eigenvalue weighted by Crippen LogP contribution is -2.41. The molecule has 1 heterocycles. The molecule has 4 nitrogen and oxygen atoms in total. The van der Waals surface area contributed by atoms with Gasteiger partial charge in [-0.15, -0.1) is 0 Å². The van der Waals surface area contributed by atoms with Crippen molar-refractivity contribution in [3.05, 3.63) is 23.8 Å². The van der Waals surface area contributed by atoms with Crippen LogP contribution in [0.4, 0.5) is 10.5 Å². The summed E-state index contributed by atoms with van der Waals surface area (Å²) < 4.78 is 5.57. The normalized spacial score (nSPS) is 20.0. The van der Waals surface area contributed by atoms with Crippen LogP contribution in [0, 0.1) is 0 Å². The van der Waals surface area contributed by atoms with Crippen molar-refractivity contribution in [2.45, 2.75) is 63.9 Å². The number of hydrogen-bond acceptors (Lipinski definition) is 3. The van der Waals surface area contributed by atoms with E-state index in [1.54, 1.807) is 11.0 Å². The van der Waals surface area contributed by atoms with Crippen LogP contribution < -0.4 is 4.90 Å². The summed E-state index contributed by atoms with van der Waals surface area (Å²) in [5, 5.41) is 9.89. The summed E-state index contributed by atoms with van der Waals surface area (Å²) >= 11 is 0. The molecule has 1 saturated carbocycles. The third-order valence-corrected chi connectivity index (χ3v) is 4.73. The van der Waals surface area contributed by atoms with Gasteiger partial charge in [-0.05, 0) is 57.4 Å². The number of amides is 1. The smallest absolute Gasteiger partial charge is 0.414 e. The van der Waals surface area contributed by atoms with Gasteiger partial charge in [-0.25, -0.2) is 4.79 Å². The minimum absolute atomic E-state index is 0.0107. The molecule has 0 bridgehead atoms. The van der Waals surface area contributed by atoms with E-state index in [0.29, 0.717) is 6.54 Å². The van der Waals surface area contributed by atoms with Crippen LogP contribution >= 0.6 is 0 Å². The number of benzene rings is 1. The highest BCUT2D eigenvalue weighted by Crippen LogP contribution is 2.50. The molecule has 22 heavy (non-hydrogen) atoms. The maximum absolute atomic E-state index is 12.6. The maximum atomic E-state index is 12.6. The summed E-state index contributed by atoms with van der Waals surface area (Å²) in [6, 6.07) is 5.33. The first kappa shape index (κ1) is 15.2. The summed E-state index contributed by atoms with van der Waals surface area (Å²) in [4.78, 5) is 14.3. The second kappa shape index (κ2) is 5.18. The fraction of sp³-hybridized carbons (Fsp3) is 0.611. The Morgan fingerprint density at radius 1 is 1.23 bits per heavy atom. The maximum Gasteiger partial charge on any atom is 0.414 e. The highest BCUT2D eigenvalue weighted by Gasteiger charge is 2.46. The van der Waals surface area contributed by atoms with Gasteiger partial charge in [0.05, 0.1) is 5.69 Å². The van der Waals surface area contributed by atoms with Crippen LogP contribution in [0.2, 0.25) is 0 Å². The van der Waals surface area contributed by atoms with Gasteiger partial charge >= 0.3 is 6.09 Å². The Balaban J connectivity index is 1.97. The first-order chi connectivity index (χ1) is 10.3. The van der Waals surface area contributed by atoms with E-state index in [-0.39, 0.29) is 17.3 Å². The van der Waals surface area contributed by atoms with Crippen LogP contribution in [0.1, 0.15) is 58.4 Å². The van der Waals surface area contributed by atoms with Gasteiger partial charge < -0.3 is 9.84 Å². The van der Waals surface area contributed by atoms with Crippen molar-refractivity contribution >= 4 is 11.8 Å². The molecule has 1 aromatic rings. The van der Waals surface area contributed by atoms with E-state index in [1.807, 2.05) is 32.9 Å². The second-order valence-electron chi connectivity index (χ2n) is 7.61. The highest BCUT2D eigenvalue weighted by atomic mass is 16.6. The highest BCUT2D eigenvalue weighted by molar-refractivity contribution is 5.92. The number of hydrogen-bond donors (Lipinski definition) is 1. The number of rotatable bonds is 0. The largest absolute Gasteiger partial charge is 0.508 e. The average molecular weight is 303 g/mol. The van der Waals surface area contributed by atoms with E-state index in [9.17, 15) is 9.90 Å². The predicted molar refractivity (Wildman–Crippen MR) is 86.4 cm³/mol. The summed E-state index contributed by atoms with van der Waals surface area (Å²) in [5.41, 5.74) is 1.49. The Morgan fingerprint density at radius 3 is 2.55 bits per heavy atom. The molecule has 1 N–H and O–H groups in total. The monoisotopic (exact) mass is 303 g/mol. The van der Waals surface area contributed by atoms with Gasteiger partial charge in [0.1, 0.15) is 11.4 Å². The Morgan fingerprint density at radius 2 is 1.91 bits per heavy atom. The van der Waals surface area contributed by atoms with Crippen molar-refractivity contribution in [2.75, 3.05) is 11.4 Å². The zero-order valence-corrected chi connectivity index (χ0v) is 13.7. The van der Waals surface area contributed by atoms with Crippen LogP contribution in [0.15, 0.2) is 18.2 Å². The third kappa shape index (κ3) is 2.67. The minimum Gasteiger partial charge on any atom is -0.508 e. The number of anilines is 1. The van der Waals surface area contributed by atoms with Gasteiger partial charge in [-0.3, -0.25) is 4.90 Å².